The molecule has 1 N–H and O–H groups in total. The van der Waals surface area contributed by atoms with Crippen molar-refractivity contribution in [2.75, 3.05) is 17.7 Å². The molecule has 1 aromatic carbocycles. The van der Waals surface area contributed by atoms with Gasteiger partial charge in [0.05, 0.1) is 22.1 Å². The van der Waals surface area contributed by atoms with Crippen molar-refractivity contribution in [1.82, 2.24) is 15.0 Å². The van der Waals surface area contributed by atoms with Crippen molar-refractivity contribution in [2.24, 2.45) is 5.92 Å². The summed E-state index contributed by atoms with van der Waals surface area (Å²) >= 11 is 0. The number of rotatable bonds is 7. The van der Waals surface area contributed by atoms with E-state index >= 15 is 0 Å². The van der Waals surface area contributed by atoms with Crippen LogP contribution in [0.25, 0.3) is 11.0 Å². The van der Waals surface area contributed by atoms with Crippen LogP contribution in [0.4, 0.5) is 5.82 Å². The Morgan fingerprint density at radius 2 is 2.03 bits per heavy atom. The van der Waals surface area contributed by atoms with Crippen LogP contribution in [0.15, 0.2) is 47.8 Å². The van der Waals surface area contributed by atoms with Crippen molar-refractivity contribution in [2.45, 2.75) is 43.7 Å². The van der Waals surface area contributed by atoms with Gasteiger partial charge in [-0.25, -0.2) is 18.4 Å². The van der Waals surface area contributed by atoms with Crippen molar-refractivity contribution in [3.05, 3.63) is 42.9 Å². The molecule has 1 aliphatic rings. The van der Waals surface area contributed by atoms with Crippen LogP contribution in [0.5, 0.6) is 5.75 Å². The standard InChI is InChI=1S/C21H26N4O3S/c1-14(2)28-17-5-4-6-18(11-17)29(26,27)12-15-9-16(10-15)25(3)21-19-7-8-22-20(19)23-13-24-21/h4-8,11,13-16H,9-10,12H2,1-3H3,(H,22,23,24). The van der Waals surface area contributed by atoms with Crippen LogP contribution in [-0.2, 0) is 9.84 Å². The fourth-order valence-electron chi connectivity index (χ4n) is 3.89. The first-order chi connectivity index (χ1) is 13.8. The first kappa shape index (κ1) is 19.7. The number of anilines is 1. The third-order valence-corrected chi connectivity index (χ3v) is 7.30. The van der Waals surface area contributed by atoms with Crippen molar-refractivity contribution >= 4 is 26.7 Å². The Morgan fingerprint density at radius 3 is 2.79 bits per heavy atom. The van der Waals surface area contributed by atoms with E-state index < -0.39 is 9.84 Å². The first-order valence-corrected chi connectivity index (χ1v) is 11.5. The molecule has 2 aromatic heterocycles. The molecule has 8 heteroatoms. The molecule has 3 aromatic rings. The number of nitrogens with one attached hydrogen (secondary N) is 1. The molecular formula is C21H26N4O3S. The van der Waals surface area contributed by atoms with E-state index in [1.165, 1.54) is 0 Å². The molecule has 29 heavy (non-hydrogen) atoms. The number of fused-ring (bicyclic) bond motifs is 1. The smallest absolute Gasteiger partial charge is 0.178 e. The lowest BCUT2D eigenvalue weighted by Gasteiger charge is -2.41. The molecule has 154 valence electrons. The van der Waals surface area contributed by atoms with Gasteiger partial charge in [0.2, 0.25) is 0 Å². The lowest BCUT2D eigenvalue weighted by atomic mass is 9.81. The number of sulfone groups is 1. The van der Waals surface area contributed by atoms with Crippen LogP contribution in [-0.4, -0.2) is 48.3 Å². The molecule has 0 spiro atoms. The van der Waals surface area contributed by atoms with Gasteiger partial charge in [-0.3, -0.25) is 0 Å². The van der Waals surface area contributed by atoms with Crippen LogP contribution in [0.2, 0.25) is 0 Å². The molecule has 0 saturated heterocycles. The van der Waals surface area contributed by atoms with E-state index in [4.69, 9.17) is 4.74 Å². The maximum absolute atomic E-state index is 12.9. The Morgan fingerprint density at radius 1 is 1.24 bits per heavy atom. The molecule has 4 rings (SSSR count). The number of H-pyrrole nitrogens is 1. The second-order valence-corrected chi connectivity index (χ2v) is 10.00. The lowest BCUT2D eigenvalue weighted by molar-refractivity contribution is 0.242. The molecule has 0 unspecified atom stereocenters. The molecule has 0 bridgehead atoms. The Hall–Kier alpha value is -2.61. The van der Waals surface area contributed by atoms with Crippen molar-refractivity contribution in [3.8, 4) is 5.75 Å². The summed E-state index contributed by atoms with van der Waals surface area (Å²) in [4.78, 5) is 14.2. The summed E-state index contributed by atoms with van der Waals surface area (Å²) in [7, 11) is -1.34. The minimum absolute atomic E-state index is 0.00386. The van der Waals surface area contributed by atoms with Crippen LogP contribution in [0, 0.1) is 5.92 Å². The van der Waals surface area contributed by atoms with Crippen LogP contribution in [0.3, 0.4) is 0 Å². The Labute approximate surface area is 171 Å². The van der Waals surface area contributed by atoms with Crippen molar-refractivity contribution in [3.63, 3.8) is 0 Å². The fraction of sp³-hybridized carbons (Fsp3) is 0.429. The normalized spacial score (nSPS) is 19.3. The summed E-state index contributed by atoms with van der Waals surface area (Å²) in [6.07, 6.45) is 5.06. The molecule has 1 saturated carbocycles. The van der Waals surface area contributed by atoms with Gasteiger partial charge in [0.1, 0.15) is 23.5 Å². The van der Waals surface area contributed by atoms with Gasteiger partial charge in [0.15, 0.2) is 9.84 Å². The highest BCUT2D eigenvalue weighted by atomic mass is 32.2. The third kappa shape index (κ3) is 4.07. The first-order valence-electron chi connectivity index (χ1n) is 9.84. The average Bonchev–Trinajstić information content (AvgIpc) is 3.12. The van der Waals surface area contributed by atoms with E-state index in [-0.39, 0.29) is 23.8 Å². The second-order valence-electron chi connectivity index (χ2n) is 7.96. The summed E-state index contributed by atoms with van der Waals surface area (Å²) in [6, 6.07) is 9.04. The molecule has 0 atom stereocenters. The van der Waals surface area contributed by atoms with E-state index in [0.717, 1.165) is 29.7 Å². The van der Waals surface area contributed by atoms with Gasteiger partial charge in [-0.2, -0.15) is 0 Å². The van der Waals surface area contributed by atoms with Crippen LogP contribution < -0.4 is 9.64 Å². The van der Waals surface area contributed by atoms with Gasteiger partial charge in [-0.15, -0.1) is 0 Å². The van der Waals surface area contributed by atoms with Crippen LogP contribution in [0.1, 0.15) is 26.7 Å². The second kappa shape index (κ2) is 7.67. The lowest BCUT2D eigenvalue weighted by Crippen LogP contribution is -2.45. The van der Waals surface area contributed by atoms with Gasteiger partial charge in [-0.1, -0.05) is 6.07 Å². The molecule has 0 aliphatic heterocycles. The topological polar surface area (TPSA) is 88.2 Å². The predicted molar refractivity (Wildman–Crippen MR) is 113 cm³/mol. The Bertz CT molecular complexity index is 1100. The van der Waals surface area contributed by atoms with E-state index in [1.807, 2.05) is 33.2 Å². The van der Waals surface area contributed by atoms with Gasteiger partial charge >= 0.3 is 0 Å². The van der Waals surface area contributed by atoms with Crippen LogP contribution >= 0.6 is 0 Å². The SMILES string of the molecule is CC(C)Oc1cccc(S(=O)(=O)CC2CC(N(C)c3ncnc4[nH]ccc34)C2)c1. The van der Waals surface area contributed by atoms with Crippen molar-refractivity contribution in [1.29, 1.82) is 0 Å². The number of aromatic nitrogens is 3. The third-order valence-electron chi connectivity index (χ3n) is 5.42. The largest absolute Gasteiger partial charge is 0.491 e. The van der Waals surface area contributed by atoms with E-state index in [0.29, 0.717) is 10.6 Å². The molecular weight excluding hydrogens is 388 g/mol. The monoisotopic (exact) mass is 414 g/mol. The average molecular weight is 415 g/mol. The maximum Gasteiger partial charge on any atom is 0.178 e. The zero-order chi connectivity index (χ0) is 20.6. The number of hydrogen-bond acceptors (Lipinski definition) is 6. The zero-order valence-electron chi connectivity index (χ0n) is 16.9. The van der Waals surface area contributed by atoms with Gasteiger partial charge in [0, 0.05) is 19.3 Å². The highest BCUT2D eigenvalue weighted by molar-refractivity contribution is 7.91. The van der Waals surface area contributed by atoms with Gasteiger partial charge in [-0.05, 0) is 56.9 Å². The van der Waals surface area contributed by atoms with E-state index in [2.05, 4.69) is 19.9 Å². The summed E-state index contributed by atoms with van der Waals surface area (Å²) in [5, 5.41) is 0.980. The van der Waals surface area contributed by atoms with Crippen molar-refractivity contribution < 1.29 is 13.2 Å². The highest BCUT2D eigenvalue weighted by Gasteiger charge is 2.36. The summed E-state index contributed by atoms with van der Waals surface area (Å²) in [5.41, 5.74) is 0.809. The summed E-state index contributed by atoms with van der Waals surface area (Å²) in [5.74, 6) is 1.77. The zero-order valence-corrected chi connectivity index (χ0v) is 17.7. The fourth-order valence-corrected chi connectivity index (χ4v) is 5.55. The Balaban J connectivity index is 1.41. The molecule has 0 radical (unpaired) electrons. The Kier molecular flexibility index (Phi) is 5.21. The highest BCUT2D eigenvalue weighted by Crippen LogP contribution is 2.36. The quantitative estimate of drug-likeness (QED) is 0.637. The number of benzene rings is 1. The molecule has 2 heterocycles. The molecule has 1 fully saturated rings. The van der Waals surface area contributed by atoms with E-state index in [9.17, 15) is 8.42 Å². The minimum Gasteiger partial charge on any atom is -0.491 e. The molecule has 0 amide bonds. The minimum atomic E-state index is -3.35. The molecule has 1 aliphatic carbocycles. The maximum atomic E-state index is 12.9. The van der Waals surface area contributed by atoms with Gasteiger partial charge in [0.25, 0.3) is 0 Å². The van der Waals surface area contributed by atoms with Gasteiger partial charge < -0.3 is 14.6 Å². The van der Waals surface area contributed by atoms with E-state index in [1.54, 1.807) is 30.6 Å². The predicted octanol–water partition coefficient (Wildman–Crippen LogP) is 3.43. The number of ether oxygens (including phenoxy) is 1. The number of hydrogen-bond donors (Lipinski definition) is 1. The molecule has 7 nitrogen and oxygen atoms in total. The summed E-state index contributed by atoms with van der Waals surface area (Å²) in [6.45, 7) is 3.84. The number of aromatic amines is 1. The summed E-state index contributed by atoms with van der Waals surface area (Å²) < 4.78 is 31.4. The number of nitrogens with zero attached hydrogens (tertiary/aromatic N) is 3.